The molecule has 0 radical (unpaired) electrons. The predicted molar refractivity (Wildman–Crippen MR) is 93.7 cm³/mol. The molecular formula is C18H21NO4S. The second-order valence-corrected chi connectivity index (χ2v) is 7.19. The lowest BCUT2D eigenvalue weighted by molar-refractivity contribution is 0.102. The first-order chi connectivity index (χ1) is 11.4. The molecule has 1 amide bonds. The lowest BCUT2D eigenvalue weighted by Gasteiger charge is -2.13. The molecule has 0 saturated heterocycles. The Bertz CT molecular complexity index is 830. The Morgan fingerprint density at radius 3 is 2.54 bits per heavy atom. The number of amides is 1. The van der Waals surface area contributed by atoms with E-state index in [1.165, 1.54) is 12.1 Å². The van der Waals surface area contributed by atoms with Crippen LogP contribution in [0, 0.1) is 0 Å². The summed E-state index contributed by atoms with van der Waals surface area (Å²) in [5, 5.41) is 2.65. The lowest BCUT2D eigenvalue weighted by Crippen LogP contribution is -2.15. The summed E-state index contributed by atoms with van der Waals surface area (Å²) in [6, 6.07) is 13.5. The third-order valence-corrected chi connectivity index (χ3v) is 5.29. The minimum atomic E-state index is -3.90. The van der Waals surface area contributed by atoms with Crippen molar-refractivity contribution in [3.8, 4) is 0 Å². The number of rotatable bonds is 6. The van der Waals surface area contributed by atoms with Crippen molar-refractivity contribution in [2.24, 2.45) is 0 Å². The van der Waals surface area contributed by atoms with Gasteiger partial charge in [0, 0.05) is 5.56 Å². The number of carbonyl (C=O) groups is 1. The summed E-state index contributed by atoms with van der Waals surface area (Å²) in [5.41, 5.74) is 1.75. The molecule has 2 aromatic rings. The number of benzene rings is 2. The molecule has 1 unspecified atom stereocenters. The van der Waals surface area contributed by atoms with Gasteiger partial charge in [-0.05, 0) is 42.2 Å². The van der Waals surface area contributed by atoms with Crippen molar-refractivity contribution in [2.75, 3.05) is 12.4 Å². The van der Waals surface area contributed by atoms with Crippen molar-refractivity contribution < 1.29 is 17.4 Å². The number of hydrogen-bond acceptors (Lipinski definition) is 4. The van der Waals surface area contributed by atoms with Crippen LogP contribution in [0.15, 0.2) is 53.4 Å². The molecule has 2 aromatic carbocycles. The highest BCUT2D eigenvalue weighted by molar-refractivity contribution is 7.87. The van der Waals surface area contributed by atoms with Gasteiger partial charge in [-0.25, -0.2) is 0 Å². The molecular weight excluding hydrogens is 326 g/mol. The maximum atomic E-state index is 12.5. The van der Waals surface area contributed by atoms with E-state index in [4.69, 9.17) is 0 Å². The van der Waals surface area contributed by atoms with E-state index in [2.05, 4.69) is 23.3 Å². The van der Waals surface area contributed by atoms with Crippen LogP contribution in [0.5, 0.6) is 0 Å². The highest BCUT2D eigenvalue weighted by Crippen LogP contribution is 2.24. The van der Waals surface area contributed by atoms with Gasteiger partial charge in [0.1, 0.15) is 4.90 Å². The van der Waals surface area contributed by atoms with Gasteiger partial charge in [-0.1, -0.05) is 38.1 Å². The highest BCUT2D eigenvalue weighted by atomic mass is 32.2. The van der Waals surface area contributed by atoms with Crippen molar-refractivity contribution in [2.45, 2.75) is 31.1 Å². The molecule has 24 heavy (non-hydrogen) atoms. The Kier molecular flexibility index (Phi) is 5.75. The van der Waals surface area contributed by atoms with E-state index in [0.29, 0.717) is 11.5 Å². The van der Waals surface area contributed by atoms with Crippen LogP contribution in [0.3, 0.4) is 0 Å². The molecule has 0 fully saturated rings. The standard InChI is InChI=1S/C18H21NO4S/c1-4-13(2)14-8-7-9-15(12-14)18(20)19-16-10-5-6-11-17(16)24(21,22)23-3/h5-13H,4H2,1-3H3,(H,19,20). The number of carbonyl (C=O) groups excluding carboxylic acids is 1. The summed E-state index contributed by atoms with van der Waals surface area (Å²) in [6.45, 7) is 4.18. The molecule has 5 nitrogen and oxygen atoms in total. The van der Waals surface area contributed by atoms with E-state index in [1.807, 2.05) is 18.2 Å². The van der Waals surface area contributed by atoms with Gasteiger partial charge in [0.2, 0.25) is 0 Å². The molecule has 0 aliphatic carbocycles. The van der Waals surface area contributed by atoms with Crippen LogP contribution in [-0.2, 0) is 14.3 Å². The molecule has 0 aliphatic rings. The van der Waals surface area contributed by atoms with Gasteiger partial charge in [0.05, 0.1) is 12.8 Å². The Balaban J connectivity index is 2.32. The van der Waals surface area contributed by atoms with E-state index in [9.17, 15) is 13.2 Å². The van der Waals surface area contributed by atoms with E-state index in [0.717, 1.165) is 19.1 Å². The second-order valence-electron chi connectivity index (χ2n) is 5.51. The summed E-state index contributed by atoms with van der Waals surface area (Å²) in [7, 11) is -2.81. The maximum Gasteiger partial charge on any atom is 0.298 e. The van der Waals surface area contributed by atoms with Crippen LogP contribution in [0.2, 0.25) is 0 Å². The first kappa shape index (κ1) is 18.2. The topological polar surface area (TPSA) is 72.5 Å². The average Bonchev–Trinajstić information content (AvgIpc) is 2.61. The summed E-state index contributed by atoms with van der Waals surface area (Å²) < 4.78 is 28.4. The molecule has 0 heterocycles. The van der Waals surface area contributed by atoms with Gasteiger partial charge < -0.3 is 5.32 Å². The van der Waals surface area contributed by atoms with Crippen molar-refractivity contribution >= 4 is 21.7 Å². The van der Waals surface area contributed by atoms with Crippen LogP contribution in [0.25, 0.3) is 0 Å². The summed E-state index contributed by atoms with van der Waals surface area (Å²) >= 11 is 0. The van der Waals surface area contributed by atoms with Crippen LogP contribution in [-0.4, -0.2) is 21.4 Å². The minimum Gasteiger partial charge on any atom is -0.321 e. The fourth-order valence-electron chi connectivity index (χ4n) is 2.29. The lowest BCUT2D eigenvalue weighted by atomic mass is 9.97. The van der Waals surface area contributed by atoms with Gasteiger partial charge in [-0.2, -0.15) is 8.42 Å². The highest BCUT2D eigenvalue weighted by Gasteiger charge is 2.19. The molecule has 2 rings (SSSR count). The third-order valence-electron chi connectivity index (χ3n) is 3.95. The summed E-state index contributed by atoms with van der Waals surface area (Å²) in [5.74, 6) is -0.0159. The molecule has 1 N–H and O–H groups in total. The fourth-order valence-corrected chi connectivity index (χ4v) is 3.11. The number of hydrogen-bond donors (Lipinski definition) is 1. The Labute approximate surface area is 142 Å². The van der Waals surface area contributed by atoms with Crippen molar-refractivity contribution in [1.82, 2.24) is 0 Å². The van der Waals surface area contributed by atoms with Gasteiger partial charge in [0.25, 0.3) is 16.0 Å². The van der Waals surface area contributed by atoms with Crippen molar-refractivity contribution in [3.05, 3.63) is 59.7 Å². The number of para-hydroxylation sites is 1. The normalized spacial score (nSPS) is 12.6. The average molecular weight is 347 g/mol. The molecule has 0 aliphatic heterocycles. The van der Waals surface area contributed by atoms with Gasteiger partial charge in [-0.3, -0.25) is 8.98 Å². The van der Waals surface area contributed by atoms with Crippen LogP contribution in [0.4, 0.5) is 5.69 Å². The first-order valence-corrected chi connectivity index (χ1v) is 9.10. The van der Waals surface area contributed by atoms with E-state index in [1.54, 1.807) is 18.2 Å². The SMILES string of the molecule is CCC(C)c1cccc(C(=O)Nc2ccccc2S(=O)(=O)OC)c1. The molecule has 128 valence electrons. The molecule has 0 bridgehead atoms. The Morgan fingerprint density at radius 2 is 1.88 bits per heavy atom. The smallest absolute Gasteiger partial charge is 0.298 e. The molecule has 6 heteroatoms. The number of nitrogens with one attached hydrogen (secondary N) is 1. The van der Waals surface area contributed by atoms with E-state index < -0.39 is 10.1 Å². The van der Waals surface area contributed by atoms with Crippen molar-refractivity contribution in [3.63, 3.8) is 0 Å². The largest absolute Gasteiger partial charge is 0.321 e. The quantitative estimate of drug-likeness (QED) is 0.807. The molecule has 0 saturated carbocycles. The number of anilines is 1. The third kappa shape index (κ3) is 4.01. The zero-order valence-electron chi connectivity index (χ0n) is 13.9. The zero-order chi connectivity index (χ0) is 17.7. The maximum absolute atomic E-state index is 12.5. The van der Waals surface area contributed by atoms with Gasteiger partial charge >= 0.3 is 0 Å². The van der Waals surface area contributed by atoms with Gasteiger partial charge in [-0.15, -0.1) is 0 Å². The van der Waals surface area contributed by atoms with Crippen molar-refractivity contribution in [1.29, 1.82) is 0 Å². The molecule has 0 aromatic heterocycles. The minimum absolute atomic E-state index is 0.0704. The summed E-state index contributed by atoms with van der Waals surface area (Å²) in [4.78, 5) is 12.4. The first-order valence-electron chi connectivity index (χ1n) is 7.70. The summed E-state index contributed by atoms with van der Waals surface area (Å²) in [6.07, 6.45) is 0.972. The fraction of sp³-hybridized carbons (Fsp3) is 0.278. The Hall–Kier alpha value is -2.18. The van der Waals surface area contributed by atoms with Gasteiger partial charge in [0.15, 0.2) is 0 Å². The monoisotopic (exact) mass is 347 g/mol. The zero-order valence-corrected chi connectivity index (χ0v) is 14.8. The van der Waals surface area contributed by atoms with Crippen LogP contribution < -0.4 is 5.32 Å². The predicted octanol–water partition coefficient (Wildman–Crippen LogP) is 3.79. The van der Waals surface area contributed by atoms with E-state index >= 15 is 0 Å². The van der Waals surface area contributed by atoms with Crippen LogP contribution >= 0.6 is 0 Å². The molecule has 0 spiro atoms. The molecule has 1 atom stereocenters. The Morgan fingerprint density at radius 1 is 1.17 bits per heavy atom. The van der Waals surface area contributed by atoms with Crippen LogP contribution in [0.1, 0.15) is 42.1 Å². The van der Waals surface area contributed by atoms with E-state index in [-0.39, 0.29) is 16.5 Å². The second kappa shape index (κ2) is 7.59.